The minimum Gasteiger partial charge on any atom is -0.369 e. The van der Waals surface area contributed by atoms with E-state index in [-0.39, 0.29) is 10.7 Å². The molecule has 0 aliphatic carbocycles. The third-order valence-electron chi connectivity index (χ3n) is 4.94. The average Bonchev–Trinajstić information content (AvgIpc) is 3.03. The predicted octanol–water partition coefficient (Wildman–Crippen LogP) is 1.23. The van der Waals surface area contributed by atoms with Crippen molar-refractivity contribution < 1.29 is 17.8 Å². The molecule has 152 valence electrons. The maximum atomic E-state index is 13.3. The molecular weight excluding hydrogens is 376 g/mol. The number of sulfonamides is 1. The molecule has 0 spiro atoms. The zero-order valence-corrected chi connectivity index (χ0v) is 18.0. The summed E-state index contributed by atoms with van der Waals surface area (Å²) in [6.45, 7) is 8.00. The number of nitrogens with one attached hydrogen (secondary N) is 1. The van der Waals surface area contributed by atoms with Crippen molar-refractivity contribution in [3.05, 3.63) is 47.0 Å². The zero-order valence-electron chi connectivity index (χ0n) is 17.2. The molecule has 28 heavy (non-hydrogen) atoms. The summed E-state index contributed by atoms with van der Waals surface area (Å²) in [5, 5.41) is 3.89. The number of piperazine rings is 1. The molecule has 1 aliphatic heterocycles. The highest BCUT2D eigenvalue weighted by atomic mass is 32.2. The Bertz CT molecular complexity index is 971. The first-order chi connectivity index (χ1) is 13.2. The lowest BCUT2D eigenvalue weighted by Crippen LogP contribution is -3.00. The lowest BCUT2D eigenvalue weighted by molar-refractivity contribution is -0.800. The molecule has 1 aliphatic rings. The molecule has 7 nitrogen and oxygen atoms in total. The van der Waals surface area contributed by atoms with Gasteiger partial charge in [0.25, 0.3) is 0 Å². The van der Waals surface area contributed by atoms with E-state index in [0.29, 0.717) is 31.9 Å². The summed E-state index contributed by atoms with van der Waals surface area (Å²) in [4.78, 5) is 3.48. The Hall–Kier alpha value is -2.16. The van der Waals surface area contributed by atoms with Gasteiger partial charge in [0, 0.05) is 37.9 Å². The normalized spacial score (nSPS) is 16.4. The van der Waals surface area contributed by atoms with Gasteiger partial charge in [-0.25, -0.2) is 8.42 Å². The summed E-state index contributed by atoms with van der Waals surface area (Å²) < 4.78 is 33.3. The van der Waals surface area contributed by atoms with Crippen LogP contribution in [0.2, 0.25) is 0 Å². The topological polar surface area (TPSA) is 71.1 Å². The van der Waals surface area contributed by atoms with Gasteiger partial charge in [0.15, 0.2) is 10.7 Å². The van der Waals surface area contributed by atoms with Crippen molar-refractivity contribution in [1.29, 1.82) is 0 Å². The van der Waals surface area contributed by atoms with Crippen LogP contribution in [0.3, 0.4) is 0 Å². The van der Waals surface area contributed by atoms with Gasteiger partial charge in [0.2, 0.25) is 10.0 Å². The first-order valence-electron chi connectivity index (χ1n) is 9.47. The highest BCUT2D eigenvalue weighted by Gasteiger charge is 2.34. The summed E-state index contributed by atoms with van der Waals surface area (Å²) in [6.07, 6.45) is 3.51. The quantitative estimate of drug-likeness (QED) is 0.810. The third-order valence-corrected chi connectivity index (χ3v) is 7.00. The van der Waals surface area contributed by atoms with Gasteiger partial charge in [-0.1, -0.05) is 17.3 Å². The number of quaternary nitrogens is 1. The fourth-order valence-corrected chi connectivity index (χ4v) is 5.07. The van der Waals surface area contributed by atoms with Crippen LogP contribution in [0.1, 0.15) is 22.6 Å². The van der Waals surface area contributed by atoms with E-state index in [2.05, 4.69) is 42.1 Å². The van der Waals surface area contributed by atoms with Gasteiger partial charge in [-0.2, -0.15) is 4.31 Å². The molecule has 0 unspecified atom stereocenters. The molecule has 3 rings (SSSR count). The van der Waals surface area contributed by atoms with Crippen LogP contribution < -0.4 is 9.80 Å². The van der Waals surface area contributed by atoms with E-state index in [1.54, 1.807) is 13.0 Å². The summed E-state index contributed by atoms with van der Waals surface area (Å²) in [5.74, 6) is 0.288. The first-order valence-corrected chi connectivity index (χ1v) is 10.9. The fourth-order valence-electron chi connectivity index (χ4n) is 3.40. The van der Waals surface area contributed by atoms with Crippen LogP contribution in [0.5, 0.6) is 0 Å². The zero-order chi connectivity index (χ0) is 20.5. The summed E-state index contributed by atoms with van der Waals surface area (Å²) in [7, 11) is 0.228. The summed E-state index contributed by atoms with van der Waals surface area (Å²) in [5.41, 5.74) is 3.98. The van der Waals surface area contributed by atoms with Crippen molar-refractivity contribution in [3.63, 3.8) is 0 Å². The Labute approximate surface area is 167 Å². The van der Waals surface area contributed by atoms with E-state index < -0.39 is 10.0 Å². The predicted molar refractivity (Wildman–Crippen MR) is 110 cm³/mol. The molecule has 0 atom stereocenters. The average molecular weight is 406 g/mol. The Morgan fingerprint density at radius 2 is 1.79 bits per heavy atom. The van der Waals surface area contributed by atoms with Gasteiger partial charge in [0.05, 0.1) is 20.3 Å². The molecule has 0 bridgehead atoms. The van der Waals surface area contributed by atoms with Crippen LogP contribution >= 0.6 is 0 Å². The Kier molecular flexibility index (Phi) is 5.92. The second-order valence-corrected chi connectivity index (χ2v) is 9.43. The minimum atomic E-state index is -3.66. The lowest BCUT2D eigenvalue weighted by Gasteiger charge is -2.36. The van der Waals surface area contributed by atoms with Gasteiger partial charge >= 0.3 is 0 Å². The van der Waals surface area contributed by atoms with E-state index in [1.807, 2.05) is 20.3 Å². The molecule has 0 radical (unpaired) electrons. The van der Waals surface area contributed by atoms with Crippen LogP contribution in [-0.2, 0) is 10.0 Å². The number of nitrogens with zero attached hydrogens (tertiary/aromatic N) is 3. The van der Waals surface area contributed by atoms with Gasteiger partial charge in [0.1, 0.15) is 5.69 Å². The minimum absolute atomic E-state index is 0.171. The van der Waals surface area contributed by atoms with E-state index in [9.17, 15) is 8.42 Å². The molecule has 1 aromatic carbocycles. The number of aryl methyl sites for hydroxylation is 3. The van der Waals surface area contributed by atoms with Crippen LogP contribution in [0, 0.1) is 20.8 Å². The summed E-state index contributed by atoms with van der Waals surface area (Å²) in [6, 6.07) is 6.37. The van der Waals surface area contributed by atoms with Crippen molar-refractivity contribution in [2.75, 3.05) is 45.2 Å². The maximum absolute atomic E-state index is 13.3. The van der Waals surface area contributed by atoms with Crippen molar-refractivity contribution >= 4 is 21.8 Å². The second-order valence-electron chi connectivity index (χ2n) is 7.55. The van der Waals surface area contributed by atoms with Gasteiger partial charge in [-0.05, 0) is 38.0 Å². The van der Waals surface area contributed by atoms with E-state index in [0.717, 1.165) is 4.90 Å². The Morgan fingerprint density at radius 3 is 2.43 bits per heavy atom. The number of aromatic nitrogens is 1. The second kappa shape index (κ2) is 8.06. The Balaban J connectivity index is 1.81. The largest absolute Gasteiger partial charge is 0.369 e. The van der Waals surface area contributed by atoms with E-state index in [4.69, 9.17) is 4.52 Å². The van der Waals surface area contributed by atoms with E-state index >= 15 is 0 Å². The number of hydrogen-bond donors (Lipinski definition) is 1. The smallest absolute Gasteiger partial charge is 0.248 e. The summed E-state index contributed by atoms with van der Waals surface area (Å²) >= 11 is 0. The molecule has 1 aromatic heterocycles. The molecule has 8 heteroatoms. The lowest BCUT2D eigenvalue weighted by atomic mass is 10.1. The number of anilines is 1. The molecule has 2 aromatic rings. The first kappa shape index (κ1) is 20.6. The van der Waals surface area contributed by atoms with Gasteiger partial charge in [-0.3, -0.25) is 0 Å². The molecule has 0 amide bonds. The standard InChI is InChI=1S/C20H28N4O3S/c1-15-6-7-16(2)18(14-15)23-10-12-24(13-11-23)28(25,26)20-17(3)21-27-19(20)8-9-22(4)5/h6-9,14H,10-13H2,1-5H3/p+1. The van der Waals surface area contributed by atoms with Crippen molar-refractivity contribution in [2.24, 2.45) is 0 Å². The monoisotopic (exact) mass is 405 g/mol. The molecule has 1 saturated heterocycles. The van der Waals surface area contributed by atoms with Crippen LogP contribution in [0.15, 0.2) is 33.8 Å². The number of rotatable bonds is 5. The highest BCUT2D eigenvalue weighted by Crippen LogP contribution is 2.28. The number of benzene rings is 1. The van der Waals surface area contributed by atoms with Crippen molar-refractivity contribution in [3.8, 4) is 0 Å². The molecule has 0 saturated carbocycles. The van der Waals surface area contributed by atoms with Gasteiger partial charge < -0.3 is 14.3 Å². The molecule has 1 N–H and O–H groups in total. The van der Waals surface area contributed by atoms with Crippen LogP contribution in [0.25, 0.3) is 6.08 Å². The third kappa shape index (κ3) is 4.14. The molecule has 2 heterocycles. The fraction of sp³-hybridized carbons (Fsp3) is 0.450. The number of hydrogen-bond acceptors (Lipinski definition) is 5. The Morgan fingerprint density at radius 1 is 1.11 bits per heavy atom. The maximum Gasteiger partial charge on any atom is 0.248 e. The van der Waals surface area contributed by atoms with Crippen LogP contribution in [0.4, 0.5) is 5.69 Å². The molecular formula is C20H29N4O3S+. The van der Waals surface area contributed by atoms with Crippen LogP contribution in [-0.4, -0.2) is 58.2 Å². The molecule has 1 fully saturated rings. The van der Waals surface area contributed by atoms with Crippen molar-refractivity contribution in [1.82, 2.24) is 9.46 Å². The SMILES string of the molecule is Cc1ccc(C)c(N2CCN(S(=O)(=O)c3c(C)noc3C=C[NH+](C)C)CC2)c1. The highest BCUT2D eigenvalue weighted by molar-refractivity contribution is 7.89. The van der Waals surface area contributed by atoms with Gasteiger partial charge in [-0.15, -0.1) is 0 Å². The van der Waals surface area contributed by atoms with Crippen molar-refractivity contribution in [2.45, 2.75) is 25.7 Å². The van der Waals surface area contributed by atoms with E-state index in [1.165, 1.54) is 21.1 Å².